The molecule has 0 aliphatic carbocycles. The second-order valence-electron chi connectivity index (χ2n) is 1.02. The Labute approximate surface area is 49.9 Å². The third-order valence-corrected chi connectivity index (χ3v) is 0.389. The lowest BCUT2D eigenvalue weighted by Crippen LogP contribution is -1.85. The summed E-state index contributed by atoms with van der Waals surface area (Å²) in [4.78, 5) is 0. The summed E-state index contributed by atoms with van der Waals surface area (Å²) in [6, 6.07) is 0. The quantitative estimate of drug-likeness (QED) is 0.525. The fourth-order valence-corrected chi connectivity index (χ4v) is 0. The molecule has 3 nitrogen and oxygen atoms in total. The van der Waals surface area contributed by atoms with Gasteiger partial charge < -0.3 is 14.9 Å². The van der Waals surface area contributed by atoms with Gasteiger partial charge >= 0.3 is 0 Å². The van der Waals surface area contributed by atoms with Crippen LogP contribution >= 0.6 is 0 Å². The number of ether oxygens (including phenoxy) is 1. The van der Waals surface area contributed by atoms with Gasteiger partial charge in [0.2, 0.25) is 0 Å². The van der Waals surface area contributed by atoms with Crippen LogP contribution in [0.25, 0.3) is 0 Å². The summed E-state index contributed by atoms with van der Waals surface area (Å²) in [5, 5.41) is 15.2. The molecule has 0 atom stereocenters. The van der Waals surface area contributed by atoms with Gasteiger partial charge in [-0.2, -0.15) is 0 Å². The zero-order valence-electron chi connectivity index (χ0n) is 5.42. The average Bonchev–Trinajstić information content (AvgIpc) is 1.88. The third kappa shape index (κ3) is 39.6. The number of hydrogen-bond acceptors (Lipinski definition) is 3. The molecule has 3 heteroatoms. The first-order valence-electron chi connectivity index (χ1n) is 2.54. The smallest absolute Gasteiger partial charge is 0.0662 e. The Balaban J connectivity index is 0. The highest BCUT2D eigenvalue weighted by molar-refractivity contribution is 4.06. The Kier molecular flexibility index (Phi) is 21.3. The van der Waals surface area contributed by atoms with E-state index < -0.39 is 0 Å². The highest BCUT2D eigenvalue weighted by Crippen LogP contribution is 1.52. The summed E-state index contributed by atoms with van der Waals surface area (Å²) in [5.41, 5.74) is 0. The lowest BCUT2D eigenvalue weighted by Gasteiger charge is -1.76. The van der Waals surface area contributed by atoms with Crippen LogP contribution in [-0.2, 0) is 4.74 Å². The highest BCUT2D eigenvalue weighted by Gasteiger charge is 1.58. The summed E-state index contributed by atoms with van der Waals surface area (Å²) >= 11 is 0. The van der Waals surface area contributed by atoms with Crippen LogP contribution in [0.1, 0.15) is 6.92 Å². The molecule has 0 bridgehead atoms. The normalized spacial score (nSPS) is 7.50. The van der Waals surface area contributed by atoms with Crippen LogP contribution in [0.2, 0.25) is 0 Å². The molecule has 0 spiro atoms. The van der Waals surface area contributed by atoms with Crippen LogP contribution in [0.4, 0.5) is 0 Å². The first kappa shape index (κ1) is 10.8. The first-order valence-corrected chi connectivity index (χ1v) is 2.54. The Morgan fingerprint density at radius 3 is 1.50 bits per heavy atom. The lowest BCUT2D eigenvalue weighted by atomic mass is 10.8. The molecule has 0 aliphatic heterocycles. The zero-order chi connectivity index (χ0) is 6.83. The SMILES string of the molecule is CCOC.OCCO. The van der Waals surface area contributed by atoms with Gasteiger partial charge in [-0.25, -0.2) is 0 Å². The maximum Gasteiger partial charge on any atom is 0.0662 e. The number of aliphatic hydroxyl groups excluding tert-OH is 2. The fourth-order valence-electron chi connectivity index (χ4n) is 0. The number of rotatable bonds is 2. The number of methoxy groups -OCH3 is 1. The van der Waals surface area contributed by atoms with Crippen molar-refractivity contribution in [2.24, 2.45) is 0 Å². The minimum absolute atomic E-state index is 0.125. The fraction of sp³-hybridized carbons (Fsp3) is 1.00. The van der Waals surface area contributed by atoms with Crippen molar-refractivity contribution in [1.29, 1.82) is 0 Å². The van der Waals surface area contributed by atoms with E-state index in [2.05, 4.69) is 4.74 Å². The van der Waals surface area contributed by atoms with Crippen molar-refractivity contribution >= 4 is 0 Å². The Hall–Kier alpha value is -0.120. The molecule has 0 aliphatic rings. The molecule has 52 valence electrons. The molecule has 0 fully saturated rings. The van der Waals surface area contributed by atoms with Crippen molar-refractivity contribution in [3.05, 3.63) is 0 Å². The predicted molar refractivity (Wildman–Crippen MR) is 31.7 cm³/mol. The van der Waals surface area contributed by atoms with E-state index in [9.17, 15) is 0 Å². The molecule has 0 saturated carbocycles. The van der Waals surface area contributed by atoms with Crippen LogP contribution < -0.4 is 0 Å². The van der Waals surface area contributed by atoms with Crippen molar-refractivity contribution in [3.63, 3.8) is 0 Å². The maximum atomic E-state index is 7.62. The van der Waals surface area contributed by atoms with E-state index in [1.54, 1.807) is 7.11 Å². The largest absolute Gasteiger partial charge is 0.394 e. The van der Waals surface area contributed by atoms with E-state index in [1.807, 2.05) is 6.92 Å². The minimum atomic E-state index is -0.125. The molecule has 0 saturated heterocycles. The Morgan fingerprint density at radius 1 is 1.25 bits per heavy atom. The van der Waals surface area contributed by atoms with Crippen LogP contribution in [-0.4, -0.2) is 37.1 Å². The molecule has 0 amide bonds. The molecule has 0 aromatic rings. The van der Waals surface area contributed by atoms with E-state index in [1.165, 1.54) is 0 Å². The predicted octanol–water partition coefficient (Wildman–Crippen LogP) is -0.376. The van der Waals surface area contributed by atoms with Crippen molar-refractivity contribution in [2.45, 2.75) is 6.92 Å². The lowest BCUT2D eigenvalue weighted by molar-refractivity contribution is 0.186. The molecule has 0 unspecified atom stereocenters. The van der Waals surface area contributed by atoms with Gasteiger partial charge in [0.05, 0.1) is 13.2 Å². The van der Waals surface area contributed by atoms with Crippen LogP contribution in [0.3, 0.4) is 0 Å². The molecular weight excluding hydrogens is 108 g/mol. The molecule has 0 rings (SSSR count). The van der Waals surface area contributed by atoms with E-state index in [0.29, 0.717) is 0 Å². The molecule has 8 heavy (non-hydrogen) atoms. The summed E-state index contributed by atoms with van der Waals surface area (Å²) in [7, 11) is 1.68. The Morgan fingerprint density at radius 2 is 1.50 bits per heavy atom. The second kappa shape index (κ2) is 15.8. The summed E-state index contributed by atoms with van der Waals surface area (Å²) in [5.74, 6) is 0. The van der Waals surface area contributed by atoms with Gasteiger partial charge in [0, 0.05) is 13.7 Å². The molecule has 0 aromatic heterocycles. The van der Waals surface area contributed by atoms with E-state index in [-0.39, 0.29) is 13.2 Å². The van der Waals surface area contributed by atoms with Crippen molar-refractivity contribution in [3.8, 4) is 0 Å². The summed E-state index contributed by atoms with van der Waals surface area (Å²) in [6.45, 7) is 2.53. The topological polar surface area (TPSA) is 49.7 Å². The summed E-state index contributed by atoms with van der Waals surface area (Å²) < 4.78 is 4.54. The Bertz CT molecular complexity index is 15.6. The van der Waals surface area contributed by atoms with Gasteiger partial charge in [0.15, 0.2) is 0 Å². The van der Waals surface area contributed by atoms with Crippen molar-refractivity contribution in [2.75, 3.05) is 26.9 Å². The van der Waals surface area contributed by atoms with E-state index >= 15 is 0 Å². The van der Waals surface area contributed by atoms with Gasteiger partial charge in [-0.3, -0.25) is 0 Å². The summed E-state index contributed by atoms with van der Waals surface area (Å²) in [6.07, 6.45) is 0. The van der Waals surface area contributed by atoms with Gasteiger partial charge in [-0.05, 0) is 6.92 Å². The van der Waals surface area contributed by atoms with Crippen molar-refractivity contribution in [1.82, 2.24) is 0 Å². The van der Waals surface area contributed by atoms with Gasteiger partial charge in [-0.15, -0.1) is 0 Å². The minimum Gasteiger partial charge on any atom is -0.394 e. The first-order chi connectivity index (χ1) is 3.83. The zero-order valence-corrected chi connectivity index (χ0v) is 5.42. The number of hydrogen-bond donors (Lipinski definition) is 2. The average molecular weight is 122 g/mol. The highest BCUT2D eigenvalue weighted by atomic mass is 16.5. The standard InChI is InChI=1S/C3H8O.C2H6O2/c1-3-4-2;3-1-2-4/h3H2,1-2H3;3-4H,1-2H2. The molecular formula is C5H14O3. The second-order valence-corrected chi connectivity index (χ2v) is 1.02. The van der Waals surface area contributed by atoms with E-state index in [0.717, 1.165) is 6.61 Å². The van der Waals surface area contributed by atoms with Crippen LogP contribution in [0.15, 0.2) is 0 Å². The van der Waals surface area contributed by atoms with Gasteiger partial charge in [0.25, 0.3) is 0 Å². The van der Waals surface area contributed by atoms with Gasteiger partial charge in [-0.1, -0.05) is 0 Å². The monoisotopic (exact) mass is 122 g/mol. The maximum absolute atomic E-state index is 7.62. The number of aliphatic hydroxyl groups is 2. The molecule has 0 heterocycles. The molecule has 0 radical (unpaired) electrons. The third-order valence-electron chi connectivity index (χ3n) is 0.389. The molecule has 0 aromatic carbocycles. The van der Waals surface area contributed by atoms with Gasteiger partial charge in [0.1, 0.15) is 0 Å². The molecule has 2 N–H and O–H groups in total. The van der Waals surface area contributed by atoms with Crippen LogP contribution in [0.5, 0.6) is 0 Å². The van der Waals surface area contributed by atoms with Crippen molar-refractivity contribution < 1.29 is 14.9 Å². The van der Waals surface area contributed by atoms with Crippen LogP contribution in [0, 0.1) is 0 Å². The van der Waals surface area contributed by atoms with E-state index in [4.69, 9.17) is 10.2 Å².